The third-order valence-electron chi connectivity index (χ3n) is 4.73. The highest BCUT2D eigenvalue weighted by Crippen LogP contribution is 2.35. The van der Waals surface area contributed by atoms with Gasteiger partial charge in [0, 0.05) is 23.9 Å². The van der Waals surface area contributed by atoms with Crippen LogP contribution >= 0.6 is 11.3 Å². The van der Waals surface area contributed by atoms with Crippen LogP contribution in [0.15, 0.2) is 17.5 Å². The zero-order chi connectivity index (χ0) is 13.1. The maximum Gasteiger partial charge on any atom is 0.223 e. The molecule has 0 N–H and O–H groups in total. The van der Waals surface area contributed by atoms with Crippen molar-refractivity contribution >= 4 is 17.2 Å². The average molecular weight is 277 g/mol. The average Bonchev–Trinajstić information content (AvgIpc) is 3.14. The summed E-state index contributed by atoms with van der Waals surface area (Å²) in [6.45, 7) is 1.00. The Bertz CT molecular complexity index is 408. The van der Waals surface area contributed by atoms with Gasteiger partial charge < -0.3 is 4.90 Å². The first-order chi connectivity index (χ1) is 9.34. The maximum absolute atomic E-state index is 12.4. The van der Waals surface area contributed by atoms with Gasteiger partial charge in [0.2, 0.25) is 5.91 Å². The Kier molecular flexibility index (Phi) is 4.21. The lowest BCUT2D eigenvalue weighted by atomic mass is 9.96. The van der Waals surface area contributed by atoms with Gasteiger partial charge >= 0.3 is 0 Å². The van der Waals surface area contributed by atoms with Gasteiger partial charge in [-0.25, -0.2) is 0 Å². The van der Waals surface area contributed by atoms with Gasteiger partial charge in [-0.2, -0.15) is 0 Å². The second-order valence-electron chi connectivity index (χ2n) is 5.92. The fraction of sp³-hybridized carbons (Fsp3) is 0.688. The van der Waals surface area contributed by atoms with E-state index >= 15 is 0 Å². The maximum atomic E-state index is 12.4. The molecule has 19 heavy (non-hydrogen) atoms. The summed E-state index contributed by atoms with van der Waals surface area (Å²) in [5, 5.41) is 2.09. The molecule has 1 amide bonds. The lowest BCUT2D eigenvalue weighted by molar-refractivity contribution is -0.132. The van der Waals surface area contributed by atoms with Crippen molar-refractivity contribution in [2.75, 3.05) is 6.54 Å². The van der Waals surface area contributed by atoms with Crippen molar-refractivity contribution in [3.8, 4) is 0 Å². The van der Waals surface area contributed by atoms with E-state index in [9.17, 15) is 4.79 Å². The van der Waals surface area contributed by atoms with E-state index in [1.165, 1.54) is 43.4 Å². The quantitative estimate of drug-likeness (QED) is 0.818. The molecule has 1 saturated carbocycles. The van der Waals surface area contributed by atoms with Gasteiger partial charge in [0.1, 0.15) is 0 Å². The van der Waals surface area contributed by atoms with Crippen molar-refractivity contribution in [1.29, 1.82) is 0 Å². The largest absolute Gasteiger partial charge is 0.339 e. The van der Waals surface area contributed by atoms with Crippen molar-refractivity contribution in [1.82, 2.24) is 4.90 Å². The summed E-state index contributed by atoms with van der Waals surface area (Å²) in [4.78, 5) is 16.0. The van der Waals surface area contributed by atoms with Crippen LogP contribution in [0, 0.1) is 5.92 Å². The van der Waals surface area contributed by atoms with E-state index in [-0.39, 0.29) is 0 Å². The van der Waals surface area contributed by atoms with E-state index in [1.54, 1.807) is 11.3 Å². The van der Waals surface area contributed by atoms with Crippen LogP contribution in [0.2, 0.25) is 0 Å². The summed E-state index contributed by atoms with van der Waals surface area (Å²) in [5.74, 6) is 1.19. The number of amides is 1. The standard InChI is InChI=1S/C16H23NOS/c18-16(10-9-14-7-4-12-19-14)17-11-3-8-15(17)13-5-1-2-6-13/h4,7,12-13,15H,1-3,5-6,8-11H2. The molecule has 3 heteroatoms. The van der Waals surface area contributed by atoms with Gasteiger partial charge in [-0.1, -0.05) is 18.9 Å². The Morgan fingerprint density at radius 1 is 1.26 bits per heavy atom. The number of hydrogen-bond acceptors (Lipinski definition) is 2. The van der Waals surface area contributed by atoms with Crippen LogP contribution in [0.1, 0.15) is 49.8 Å². The highest BCUT2D eigenvalue weighted by molar-refractivity contribution is 7.09. The van der Waals surface area contributed by atoms with Gasteiger partial charge in [-0.05, 0) is 49.5 Å². The Morgan fingerprint density at radius 3 is 2.84 bits per heavy atom. The fourth-order valence-electron chi connectivity index (χ4n) is 3.76. The minimum atomic E-state index is 0.391. The molecule has 1 saturated heterocycles. The number of thiophene rings is 1. The molecule has 2 heterocycles. The van der Waals surface area contributed by atoms with E-state index < -0.39 is 0 Å². The summed E-state index contributed by atoms with van der Waals surface area (Å²) in [7, 11) is 0. The number of nitrogens with zero attached hydrogens (tertiary/aromatic N) is 1. The first kappa shape index (κ1) is 13.2. The molecule has 1 aromatic rings. The molecule has 1 aliphatic heterocycles. The van der Waals surface area contributed by atoms with Crippen LogP contribution in [0.25, 0.3) is 0 Å². The summed E-state index contributed by atoms with van der Waals surface area (Å²) < 4.78 is 0. The highest BCUT2D eigenvalue weighted by Gasteiger charge is 2.35. The minimum Gasteiger partial charge on any atom is -0.339 e. The number of carbonyl (C=O) groups is 1. The van der Waals surface area contributed by atoms with Crippen LogP contribution in [0.5, 0.6) is 0 Å². The lowest BCUT2D eigenvalue weighted by Crippen LogP contribution is -2.39. The second kappa shape index (κ2) is 6.08. The van der Waals surface area contributed by atoms with Crippen LogP contribution < -0.4 is 0 Å². The van der Waals surface area contributed by atoms with Crippen LogP contribution in [0.3, 0.4) is 0 Å². The zero-order valence-corrected chi connectivity index (χ0v) is 12.3. The summed E-state index contributed by atoms with van der Waals surface area (Å²) >= 11 is 1.76. The number of aryl methyl sites for hydroxylation is 1. The second-order valence-corrected chi connectivity index (χ2v) is 6.95. The minimum absolute atomic E-state index is 0.391. The Morgan fingerprint density at radius 2 is 2.11 bits per heavy atom. The lowest BCUT2D eigenvalue weighted by Gasteiger charge is -2.29. The predicted molar refractivity (Wildman–Crippen MR) is 79.3 cm³/mol. The Labute approximate surface area is 119 Å². The Hall–Kier alpha value is -0.830. The first-order valence-electron chi connectivity index (χ1n) is 7.66. The molecule has 0 aromatic carbocycles. The molecule has 104 valence electrons. The van der Waals surface area contributed by atoms with Gasteiger partial charge in [-0.3, -0.25) is 4.79 Å². The van der Waals surface area contributed by atoms with E-state index in [2.05, 4.69) is 22.4 Å². The molecular weight excluding hydrogens is 254 g/mol. The molecule has 1 aliphatic carbocycles. The van der Waals surface area contributed by atoms with Crippen LogP contribution in [-0.2, 0) is 11.2 Å². The van der Waals surface area contributed by atoms with Crippen LogP contribution in [-0.4, -0.2) is 23.4 Å². The molecule has 2 nitrogen and oxygen atoms in total. The molecule has 1 atom stereocenters. The van der Waals surface area contributed by atoms with Crippen molar-refractivity contribution < 1.29 is 4.79 Å². The summed E-state index contributed by atoms with van der Waals surface area (Å²) in [6.07, 6.45) is 9.52. The fourth-order valence-corrected chi connectivity index (χ4v) is 4.47. The third kappa shape index (κ3) is 3.02. The van der Waals surface area contributed by atoms with Gasteiger partial charge in [0.25, 0.3) is 0 Å². The summed E-state index contributed by atoms with van der Waals surface area (Å²) in [5.41, 5.74) is 0. The van der Waals surface area contributed by atoms with Gasteiger partial charge in [0.05, 0.1) is 0 Å². The molecule has 1 unspecified atom stereocenters. The normalized spacial score (nSPS) is 24.2. The molecular formula is C16H23NOS. The molecule has 3 rings (SSSR count). The number of rotatable bonds is 4. The number of likely N-dealkylation sites (tertiary alicyclic amines) is 1. The van der Waals surface area contributed by atoms with Gasteiger partial charge in [-0.15, -0.1) is 11.3 Å². The van der Waals surface area contributed by atoms with Crippen molar-refractivity contribution in [2.24, 2.45) is 5.92 Å². The van der Waals surface area contributed by atoms with Gasteiger partial charge in [0.15, 0.2) is 0 Å². The predicted octanol–water partition coefficient (Wildman–Crippen LogP) is 3.86. The smallest absolute Gasteiger partial charge is 0.223 e. The first-order valence-corrected chi connectivity index (χ1v) is 8.54. The topological polar surface area (TPSA) is 20.3 Å². The highest BCUT2D eigenvalue weighted by atomic mass is 32.1. The SMILES string of the molecule is O=C(CCc1cccs1)N1CCCC1C1CCCC1. The third-order valence-corrected chi connectivity index (χ3v) is 5.67. The molecule has 1 aromatic heterocycles. The van der Waals surface area contributed by atoms with Crippen molar-refractivity contribution in [3.05, 3.63) is 22.4 Å². The number of carbonyl (C=O) groups excluding carboxylic acids is 1. The molecule has 0 radical (unpaired) electrons. The van der Waals surface area contributed by atoms with E-state index in [0.29, 0.717) is 18.4 Å². The van der Waals surface area contributed by atoms with E-state index in [1.807, 2.05) is 0 Å². The molecule has 0 spiro atoms. The monoisotopic (exact) mass is 277 g/mol. The van der Waals surface area contributed by atoms with Crippen LogP contribution in [0.4, 0.5) is 0 Å². The summed E-state index contributed by atoms with van der Waals surface area (Å²) in [6, 6.07) is 4.77. The molecule has 2 aliphatic rings. The number of hydrogen-bond donors (Lipinski definition) is 0. The molecule has 2 fully saturated rings. The van der Waals surface area contributed by atoms with Crippen molar-refractivity contribution in [3.63, 3.8) is 0 Å². The Balaban J connectivity index is 1.55. The molecule has 0 bridgehead atoms. The van der Waals surface area contributed by atoms with Crippen molar-refractivity contribution in [2.45, 2.75) is 57.4 Å². The zero-order valence-electron chi connectivity index (χ0n) is 11.5. The van der Waals surface area contributed by atoms with E-state index in [4.69, 9.17) is 0 Å². The van der Waals surface area contributed by atoms with E-state index in [0.717, 1.165) is 18.9 Å².